The fourth-order valence-electron chi connectivity index (χ4n) is 3.05. The number of aromatic nitrogens is 2. The van der Waals surface area contributed by atoms with E-state index in [-0.39, 0.29) is 13.2 Å². The molecule has 0 saturated carbocycles. The van der Waals surface area contributed by atoms with Gasteiger partial charge in [0.2, 0.25) is 0 Å². The standard InChI is InChI=1S/C25H22N2O3/c1-19-12-14-20(15-13-19)24-23(18-27(26-24)21-8-4-2-5-9-21)25(28)30-17-16-29-22-10-6-3-7-11-22/h2-15,18H,16-17H2,1H3. The monoisotopic (exact) mass is 398 g/mol. The number of nitrogens with zero attached hydrogens (tertiary/aromatic N) is 2. The lowest BCUT2D eigenvalue weighted by molar-refractivity contribution is 0.0451. The number of benzene rings is 3. The first kappa shape index (κ1) is 19.5. The van der Waals surface area contributed by atoms with Gasteiger partial charge in [-0.3, -0.25) is 0 Å². The number of ether oxygens (including phenoxy) is 2. The predicted molar refractivity (Wildman–Crippen MR) is 116 cm³/mol. The summed E-state index contributed by atoms with van der Waals surface area (Å²) in [6.45, 7) is 2.45. The van der Waals surface area contributed by atoms with Crippen molar-refractivity contribution in [2.24, 2.45) is 0 Å². The van der Waals surface area contributed by atoms with E-state index in [1.54, 1.807) is 10.9 Å². The van der Waals surface area contributed by atoms with Crippen LogP contribution < -0.4 is 4.74 Å². The average Bonchev–Trinajstić information content (AvgIpc) is 3.24. The molecule has 0 atom stereocenters. The second-order valence-corrected chi connectivity index (χ2v) is 6.83. The van der Waals surface area contributed by atoms with Gasteiger partial charge in [-0.05, 0) is 31.2 Å². The summed E-state index contributed by atoms with van der Waals surface area (Å²) >= 11 is 0. The molecule has 30 heavy (non-hydrogen) atoms. The Balaban J connectivity index is 1.53. The van der Waals surface area contributed by atoms with Crippen LogP contribution in [0.1, 0.15) is 15.9 Å². The third-order valence-electron chi connectivity index (χ3n) is 4.61. The molecule has 0 bridgehead atoms. The molecule has 0 aliphatic rings. The van der Waals surface area contributed by atoms with Gasteiger partial charge in [0.1, 0.15) is 30.2 Å². The number of esters is 1. The van der Waals surface area contributed by atoms with E-state index in [9.17, 15) is 4.79 Å². The van der Waals surface area contributed by atoms with E-state index in [4.69, 9.17) is 9.47 Å². The Hall–Kier alpha value is -3.86. The number of carbonyl (C=O) groups excluding carboxylic acids is 1. The number of hydrogen-bond acceptors (Lipinski definition) is 4. The number of rotatable bonds is 7. The molecular formula is C25H22N2O3. The Kier molecular flexibility index (Phi) is 5.90. The number of carbonyl (C=O) groups is 1. The summed E-state index contributed by atoms with van der Waals surface area (Å²) in [5, 5.41) is 4.66. The molecule has 4 aromatic rings. The van der Waals surface area contributed by atoms with Crippen molar-refractivity contribution in [1.82, 2.24) is 9.78 Å². The van der Waals surface area contributed by atoms with Crippen molar-refractivity contribution in [3.63, 3.8) is 0 Å². The summed E-state index contributed by atoms with van der Waals surface area (Å²) in [6.07, 6.45) is 1.71. The van der Waals surface area contributed by atoms with Crippen LogP contribution >= 0.6 is 0 Å². The molecule has 0 unspecified atom stereocenters. The highest BCUT2D eigenvalue weighted by Gasteiger charge is 2.20. The van der Waals surface area contributed by atoms with Crippen molar-refractivity contribution in [3.05, 3.63) is 102 Å². The van der Waals surface area contributed by atoms with Crippen LogP contribution in [-0.4, -0.2) is 29.0 Å². The number of aryl methyl sites for hydroxylation is 1. The summed E-state index contributed by atoms with van der Waals surface area (Å²) in [5.74, 6) is 0.315. The fourth-order valence-corrected chi connectivity index (χ4v) is 3.05. The SMILES string of the molecule is Cc1ccc(-c2nn(-c3ccccc3)cc2C(=O)OCCOc2ccccc2)cc1. The van der Waals surface area contributed by atoms with Crippen molar-refractivity contribution in [2.45, 2.75) is 6.92 Å². The van der Waals surface area contributed by atoms with Gasteiger partial charge in [0.05, 0.1) is 5.69 Å². The molecule has 0 N–H and O–H groups in total. The van der Waals surface area contributed by atoms with E-state index in [1.807, 2.05) is 91.9 Å². The fraction of sp³-hybridized carbons (Fsp3) is 0.120. The highest BCUT2D eigenvalue weighted by atomic mass is 16.6. The highest BCUT2D eigenvalue weighted by molar-refractivity contribution is 5.96. The van der Waals surface area contributed by atoms with Gasteiger partial charge in [-0.1, -0.05) is 66.2 Å². The molecule has 4 rings (SSSR count). The summed E-state index contributed by atoms with van der Waals surface area (Å²) in [7, 11) is 0. The highest BCUT2D eigenvalue weighted by Crippen LogP contribution is 2.25. The third kappa shape index (κ3) is 4.58. The normalized spacial score (nSPS) is 10.6. The second-order valence-electron chi connectivity index (χ2n) is 6.83. The predicted octanol–water partition coefficient (Wildman–Crippen LogP) is 5.08. The minimum absolute atomic E-state index is 0.150. The third-order valence-corrected chi connectivity index (χ3v) is 4.61. The minimum Gasteiger partial charge on any atom is -0.490 e. The lowest BCUT2D eigenvalue weighted by Crippen LogP contribution is -2.12. The maximum absolute atomic E-state index is 12.8. The summed E-state index contributed by atoms with van der Waals surface area (Å²) in [4.78, 5) is 12.8. The summed E-state index contributed by atoms with van der Waals surface area (Å²) in [6, 6.07) is 27.0. The average molecular weight is 398 g/mol. The van der Waals surface area contributed by atoms with E-state index in [1.165, 1.54) is 0 Å². The molecule has 0 spiro atoms. The molecule has 0 amide bonds. The quantitative estimate of drug-likeness (QED) is 0.322. The molecule has 1 heterocycles. The lowest BCUT2D eigenvalue weighted by atomic mass is 10.1. The van der Waals surface area contributed by atoms with Gasteiger partial charge in [0.15, 0.2) is 0 Å². The van der Waals surface area contributed by atoms with Crippen molar-refractivity contribution in [3.8, 4) is 22.7 Å². The molecule has 3 aromatic carbocycles. The van der Waals surface area contributed by atoms with Crippen molar-refractivity contribution < 1.29 is 14.3 Å². The van der Waals surface area contributed by atoms with E-state index >= 15 is 0 Å². The van der Waals surface area contributed by atoms with E-state index in [0.29, 0.717) is 11.3 Å². The zero-order chi connectivity index (χ0) is 20.8. The summed E-state index contributed by atoms with van der Waals surface area (Å²) < 4.78 is 12.8. The molecule has 0 radical (unpaired) electrons. The largest absolute Gasteiger partial charge is 0.490 e. The molecule has 5 heteroatoms. The van der Waals surface area contributed by atoms with Gasteiger partial charge in [-0.2, -0.15) is 5.10 Å². The van der Waals surface area contributed by atoms with Crippen LogP contribution in [0.4, 0.5) is 0 Å². The van der Waals surface area contributed by atoms with E-state index < -0.39 is 5.97 Å². The van der Waals surface area contributed by atoms with Gasteiger partial charge in [0.25, 0.3) is 0 Å². The Bertz CT molecular complexity index is 1100. The Morgan fingerprint density at radius 2 is 1.53 bits per heavy atom. The molecule has 0 aliphatic heterocycles. The van der Waals surface area contributed by atoms with Crippen molar-refractivity contribution >= 4 is 5.97 Å². The van der Waals surface area contributed by atoms with Gasteiger partial charge in [-0.25, -0.2) is 9.48 Å². The number of para-hydroxylation sites is 2. The van der Waals surface area contributed by atoms with Crippen LogP contribution in [-0.2, 0) is 4.74 Å². The Labute approximate surface area is 175 Å². The van der Waals surface area contributed by atoms with Crippen LogP contribution in [0.3, 0.4) is 0 Å². The minimum atomic E-state index is -0.426. The first-order valence-electron chi connectivity index (χ1n) is 9.78. The second kappa shape index (κ2) is 9.09. The van der Waals surface area contributed by atoms with Crippen LogP contribution in [0.5, 0.6) is 5.75 Å². The van der Waals surface area contributed by atoms with Crippen molar-refractivity contribution in [1.29, 1.82) is 0 Å². The molecule has 5 nitrogen and oxygen atoms in total. The van der Waals surface area contributed by atoms with Crippen LogP contribution in [0.15, 0.2) is 91.1 Å². The van der Waals surface area contributed by atoms with Gasteiger partial charge < -0.3 is 9.47 Å². The smallest absolute Gasteiger partial charge is 0.342 e. The number of hydrogen-bond donors (Lipinski definition) is 0. The zero-order valence-electron chi connectivity index (χ0n) is 16.7. The topological polar surface area (TPSA) is 53.4 Å². The Morgan fingerprint density at radius 3 is 2.23 bits per heavy atom. The van der Waals surface area contributed by atoms with Gasteiger partial charge in [0, 0.05) is 11.8 Å². The molecule has 1 aromatic heterocycles. The van der Waals surface area contributed by atoms with Crippen LogP contribution in [0.25, 0.3) is 16.9 Å². The first-order chi connectivity index (χ1) is 14.7. The van der Waals surface area contributed by atoms with Gasteiger partial charge >= 0.3 is 5.97 Å². The van der Waals surface area contributed by atoms with E-state index in [0.717, 1.165) is 22.6 Å². The molecular weight excluding hydrogens is 376 g/mol. The maximum Gasteiger partial charge on any atom is 0.342 e. The lowest BCUT2D eigenvalue weighted by Gasteiger charge is -2.07. The van der Waals surface area contributed by atoms with Crippen LogP contribution in [0, 0.1) is 6.92 Å². The molecule has 150 valence electrons. The molecule has 0 fully saturated rings. The van der Waals surface area contributed by atoms with Gasteiger partial charge in [-0.15, -0.1) is 0 Å². The first-order valence-corrected chi connectivity index (χ1v) is 9.78. The molecule has 0 saturated heterocycles. The Morgan fingerprint density at radius 1 is 0.867 bits per heavy atom. The maximum atomic E-state index is 12.8. The molecule has 0 aliphatic carbocycles. The van der Waals surface area contributed by atoms with E-state index in [2.05, 4.69) is 5.10 Å². The summed E-state index contributed by atoms with van der Waals surface area (Å²) in [5.41, 5.74) is 3.89. The zero-order valence-corrected chi connectivity index (χ0v) is 16.7. The van der Waals surface area contributed by atoms with Crippen LogP contribution in [0.2, 0.25) is 0 Å². The van der Waals surface area contributed by atoms with Crippen molar-refractivity contribution in [2.75, 3.05) is 13.2 Å².